The van der Waals surface area contributed by atoms with Crippen LogP contribution in [0.3, 0.4) is 0 Å². The van der Waals surface area contributed by atoms with E-state index in [1.807, 2.05) is 70.5 Å². The van der Waals surface area contributed by atoms with Gasteiger partial charge in [0, 0.05) is 37.6 Å². The number of morpholine rings is 2. The molecule has 0 atom stereocenters. The van der Waals surface area contributed by atoms with Crippen molar-refractivity contribution in [2.24, 2.45) is 0 Å². The maximum Gasteiger partial charge on any atom is 0.318 e. The van der Waals surface area contributed by atoms with Gasteiger partial charge >= 0.3 is 20.2 Å². The summed E-state index contributed by atoms with van der Waals surface area (Å²) < 4.78 is 76.4. The lowest BCUT2D eigenvalue weighted by atomic mass is 10.1. The van der Waals surface area contributed by atoms with Crippen LogP contribution in [0.4, 0.5) is 47.1 Å². The van der Waals surface area contributed by atoms with Crippen molar-refractivity contribution in [1.29, 1.82) is 0 Å². The van der Waals surface area contributed by atoms with Gasteiger partial charge in [0.05, 0.1) is 26.4 Å². The lowest BCUT2D eigenvalue weighted by Crippen LogP contribution is -2.37. The number of benzene rings is 4. The van der Waals surface area contributed by atoms with E-state index >= 15 is 0 Å². The molecule has 20 nitrogen and oxygen atoms in total. The molecule has 8 rings (SSSR count). The van der Waals surface area contributed by atoms with Crippen LogP contribution in [0, 0.1) is 0 Å². The molecule has 2 saturated heterocycles. The molecule has 4 aromatic carbocycles. The smallest absolute Gasteiger partial charge is 0.318 e. The van der Waals surface area contributed by atoms with Gasteiger partial charge in [0.2, 0.25) is 23.8 Å². The van der Waals surface area contributed by atoms with E-state index in [0.717, 1.165) is 0 Å². The second-order valence-electron chi connectivity index (χ2n) is 13.4. The Morgan fingerprint density at radius 3 is 1.23 bits per heavy atom. The van der Waals surface area contributed by atoms with Crippen molar-refractivity contribution < 1.29 is 34.9 Å². The van der Waals surface area contributed by atoms with Crippen molar-refractivity contribution >= 4 is 79.5 Å². The zero-order chi connectivity index (χ0) is 42.8. The topological polar surface area (TPSA) is 237 Å². The number of nitrogens with one attached hydrogen (secondary N) is 4. The second-order valence-corrected chi connectivity index (χ2v) is 16.5. The Morgan fingerprint density at radius 1 is 0.468 bits per heavy atom. The maximum atomic E-state index is 13.7. The average Bonchev–Trinajstić information content (AvgIpc) is 3.31. The van der Waals surface area contributed by atoms with Crippen molar-refractivity contribution in [3.05, 3.63) is 120 Å². The first-order valence-electron chi connectivity index (χ1n) is 19.3. The van der Waals surface area contributed by atoms with Gasteiger partial charge in [0.25, 0.3) is 11.9 Å². The monoisotopic (exact) mass is 880 g/mol. The molecule has 0 radical (unpaired) electrons. The van der Waals surface area contributed by atoms with Crippen LogP contribution in [0.1, 0.15) is 11.1 Å². The van der Waals surface area contributed by atoms with Crippen LogP contribution < -0.4 is 31.4 Å². The Bertz CT molecular complexity index is 2540. The first-order valence-corrected chi connectivity index (χ1v) is 22.1. The summed E-state index contributed by atoms with van der Waals surface area (Å²) in [5, 5.41) is 6.21. The van der Waals surface area contributed by atoms with Crippen molar-refractivity contribution in [3.63, 3.8) is 0 Å². The normalized spacial score (nSPS) is 14.7. The number of rotatable bonds is 16. The summed E-state index contributed by atoms with van der Waals surface area (Å²) in [6, 6.07) is 30.5. The van der Waals surface area contributed by atoms with Crippen LogP contribution in [0.25, 0.3) is 12.2 Å². The highest BCUT2D eigenvalue weighted by Gasteiger charge is 2.24. The summed E-state index contributed by atoms with van der Waals surface area (Å²) in [6.07, 6.45) is 2.89. The molecule has 0 aliphatic carbocycles. The van der Waals surface area contributed by atoms with Crippen LogP contribution in [0.5, 0.6) is 0 Å². The molecule has 22 heteroatoms. The van der Waals surface area contributed by atoms with E-state index in [-0.39, 0.29) is 56.6 Å². The molecule has 4 heterocycles. The van der Waals surface area contributed by atoms with Crippen LogP contribution in [0.15, 0.2) is 119 Å². The molecule has 2 aliphatic rings. The molecule has 2 fully saturated rings. The molecule has 6 aromatic rings. The van der Waals surface area contributed by atoms with Crippen molar-refractivity contribution in [3.8, 4) is 0 Å². The molecule has 2 aromatic heterocycles. The van der Waals surface area contributed by atoms with Crippen LogP contribution in [-0.2, 0) is 38.3 Å². The van der Waals surface area contributed by atoms with Gasteiger partial charge in [-0.2, -0.15) is 46.7 Å². The van der Waals surface area contributed by atoms with Gasteiger partial charge < -0.3 is 29.9 Å². The minimum Gasteiger partial charge on any atom is -0.378 e. The zero-order valence-electron chi connectivity index (χ0n) is 32.9. The maximum absolute atomic E-state index is 13.7. The second kappa shape index (κ2) is 19.3. The number of para-hydroxylation sites is 2. The molecule has 62 heavy (non-hydrogen) atoms. The standard InChI is InChI=1S/C40H40N12O8S2/c53-61(54,59-49-37-43-35(41-31-13-3-1-4-14-31)45-39(47-37)51-21-25-57-26-22-51)33-17-9-7-11-29(33)19-20-30-12-8-10-18-34(30)62(55,56)60-50-38-44-36(42-32-15-5-2-6-16-32)46-40(48-38)52-23-27-58-28-24-52/h1-20H,21-28H2,(H2,41,43,45,47,49)(H2,42,44,46,48,50)/b20-19+. The highest BCUT2D eigenvalue weighted by atomic mass is 32.2. The number of ether oxygens (including phenoxy) is 2. The first-order chi connectivity index (χ1) is 30.2. The Hall–Kier alpha value is -6.82. The fourth-order valence-corrected chi connectivity index (χ4v) is 8.08. The summed E-state index contributed by atoms with van der Waals surface area (Å²) in [5.41, 5.74) is 6.56. The van der Waals surface area contributed by atoms with E-state index in [1.54, 1.807) is 12.1 Å². The molecule has 0 unspecified atom stereocenters. The van der Waals surface area contributed by atoms with Gasteiger partial charge in [-0.3, -0.25) is 0 Å². The van der Waals surface area contributed by atoms with Gasteiger partial charge in [-0.15, -0.1) is 8.57 Å². The molecule has 0 saturated carbocycles. The van der Waals surface area contributed by atoms with Gasteiger partial charge in [0.15, 0.2) is 0 Å². The molecular formula is C40H40N12O8S2. The van der Waals surface area contributed by atoms with Crippen LogP contribution in [-0.4, -0.2) is 99.3 Å². The van der Waals surface area contributed by atoms with E-state index < -0.39 is 20.2 Å². The quantitative estimate of drug-likeness (QED) is 0.0751. The first kappa shape index (κ1) is 41.9. The number of anilines is 8. The number of hydrogen-bond acceptors (Lipinski definition) is 20. The molecule has 0 spiro atoms. The minimum absolute atomic E-state index is 0.156. The van der Waals surface area contributed by atoms with Gasteiger partial charge in [0.1, 0.15) is 9.79 Å². The van der Waals surface area contributed by atoms with E-state index in [1.165, 1.54) is 48.6 Å². The third-order valence-corrected chi connectivity index (χ3v) is 11.6. The summed E-state index contributed by atoms with van der Waals surface area (Å²) >= 11 is 0. The van der Waals surface area contributed by atoms with Crippen molar-refractivity contribution in [2.75, 3.05) is 84.0 Å². The highest BCUT2D eigenvalue weighted by molar-refractivity contribution is 7.87. The molecule has 0 bridgehead atoms. The minimum atomic E-state index is -4.52. The van der Waals surface area contributed by atoms with Gasteiger partial charge in [-0.05, 0) is 47.5 Å². The number of nitrogens with zero attached hydrogens (tertiary/aromatic N) is 8. The fourth-order valence-electron chi connectivity index (χ4n) is 6.19. The Kier molecular flexibility index (Phi) is 13.0. The summed E-state index contributed by atoms with van der Waals surface area (Å²) in [5.74, 6) is 0.561. The third kappa shape index (κ3) is 10.7. The fraction of sp³-hybridized carbons (Fsp3) is 0.200. The van der Waals surface area contributed by atoms with Crippen LogP contribution >= 0.6 is 0 Å². The molecule has 320 valence electrons. The lowest BCUT2D eigenvalue weighted by molar-refractivity contribution is 0.122. The molecular weight excluding hydrogens is 841 g/mol. The Labute approximate surface area is 357 Å². The Balaban J connectivity index is 0.994. The lowest BCUT2D eigenvalue weighted by Gasteiger charge is -2.27. The predicted molar refractivity (Wildman–Crippen MR) is 231 cm³/mol. The molecule has 0 amide bonds. The SMILES string of the molecule is O=S(=O)(ONc1nc(Nc2ccccc2)nc(N2CCOCC2)n1)c1ccccc1/C=C/c1ccccc1S(=O)(=O)ONc1nc(Nc2ccccc2)nc(N2CCOCC2)n1. The molecule has 2 aliphatic heterocycles. The Morgan fingerprint density at radius 2 is 0.823 bits per heavy atom. The van der Waals surface area contributed by atoms with E-state index in [2.05, 4.69) is 51.5 Å². The predicted octanol–water partition coefficient (Wildman–Crippen LogP) is 4.85. The number of hydrogen-bond donors (Lipinski definition) is 4. The zero-order valence-corrected chi connectivity index (χ0v) is 34.5. The summed E-state index contributed by atoms with van der Waals surface area (Å²) in [6.45, 7) is 3.94. The van der Waals surface area contributed by atoms with E-state index in [9.17, 15) is 16.8 Å². The van der Waals surface area contributed by atoms with E-state index in [4.69, 9.17) is 18.0 Å². The summed E-state index contributed by atoms with van der Waals surface area (Å²) in [4.78, 5) is 29.8. The van der Waals surface area contributed by atoms with E-state index in [0.29, 0.717) is 64.0 Å². The highest BCUT2D eigenvalue weighted by Crippen LogP contribution is 2.26. The number of aromatic nitrogens is 6. The van der Waals surface area contributed by atoms with Crippen molar-refractivity contribution in [1.82, 2.24) is 29.9 Å². The third-order valence-electron chi connectivity index (χ3n) is 9.20. The molecule has 4 N–H and O–H groups in total. The summed E-state index contributed by atoms with van der Waals surface area (Å²) in [7, 11) is -9.04. The average molecular weight is 881 g/mol. The van der Waals surface area contributed by atoms with Crippen molar-refractivity contribution in [2.45, 2.75) is 9.79 Å². The largest absolute Gasteiger partial charge is 0.378 e. The van der Waals surface area contributed by atoms with Gasteiger partial charge in [-0.1, -0.05) is 84.9 Å². The van der Waals surface area contributed by atoms with Crippen LogP contribution in [0.2, 0.25) is 0 Å². The van der Waals surface area contributed by atoms with Gasteiger partial charge in [-0.25, -0.2) is 11.0 Å².